The van der Waals surface area contributed by atoms with Gasteiger partial charge in [-0.25, -0.2) is 8.42 Å². The van der Waals surface area contributed by atoms with Crippen LogP contribution in [0.5, 0.6) is 0 Å². The molecule has 33 heavy (non-hydrogen) atoms. The third-order valence-corrected chi connectivity index (χ3v) is 6.77. The van der Waals surface area contributed by atoms with Crippen molar-refractivity contribution in [2.75, 3.05) is 23.7 Å². The SMILES string of the molecule is CC(C)CNC(=O)C(C)N(Cc1cccc(Br)c1)C(=O)CN(c1ccc(Cl)cc1)S(C)(=O)=O. The lowest BCUT2D eigenvalue weighted by molar-refractivity contribution is -0.139. The van der Waals surface area contributed by atoms with E-state index in [0.717, 1.165) is 20.6 Å². The molecule has 0 aliphatic rings. The fourth-order valence-corrected chi connectivity index (χ4v) is 4.51. The van der Waals surface area contributed by atoms with Gasteiger partial charge in [-0.2, -0.15) is 0 Å². The molecule has 2 aromatic rings. The topological polar surface area (TPSA) is 86.8 Å². The first-order valence-electron chi connectivity index (χ1n) is 10.4. The van der Waals surface area contributed by atoms with Crippen LogP contribution in [0.15, 0.2) is 53.0 Å². The van der Waals surface area contributed by atoms with Crippen molar-refractivity contribution in [3.05, 3.63) is 63.6 Å². The summed E-state index contributed by atoms with van der Waals surface area (Å²) in [6, 6.07) is 12.8. The Balaban J connectivity index is 2.35. The van der Waals surface area contributed by atoms with Gasteiger partial charge in [0.1, 0.15) is 12.6 Å². The monoisotopic (exact) mass is 557 g/mol. The summed E-state index contributed by atoms with van der Waals surface area (Å²) in [7, 11) is -3.77. The number of nitrogens with one attached hydrogen (secondary N) is 1. The van der Waals surface area contributed by atoms with Gasteiger partial charge in [-0.1, -0.05) is 53.5 Å². The van der Waals surface area contributed by atoms with E-state index in [-0.39, 0.29) is 18.4 Å². The zero-order valence-electron chi connectivity index (χ0n) is 19.1. The Labute approximate surface area is 209 Å². The number of anilines is 1. The van der Waals surface area contributed by atoms with Crippen LogP contribution < -0.4 is 9.62 Å². The molecule has 2 rings (SSSR count). The molecule has 0 spiro atoms. The second-order valence-electron chi connectivity index (χ2n) is 8.21. The van der Waals surface area contributed by atoms with Crippen molar-refractivity contribution in [1.82, 2.24) is 10.2 Å². The number of hydrogen-bond donors (Lipinski definition) is 1. The van der Waals surface area contributed by atoms with E-state index in [1.54, 1.807) is 19.1 Å². The number of benzene rings is 2. The first-order valence-corrected chi connectivity index (χ1v) is 13.4. The highest BCUT2D eigenvalue weighted by Gasteiger charge is 2.30. The average molecular weight is 559 g/mol. The van der Waals surface area contributed by atoms with Gasteiger partial charge in [0.05, 0.1) is 11.9 Å². The van der Waals surface area contributed by atoms with Crippen molar-refractivity contribution in [2.45, 2.75) is 33.4 Å². The van der Waals surface area contributed by atoms with E-state index in [1.807, 2.05) is 38.1 Å². The number of rotatable bonds is 10. The van der Waals surface area contributed by atoms with Crippen molar-refractivity contribution >= 4 is 55.1 Å². The van der Waals surface area contributed by atoms with Crippen molar-refractivity contribution in [2.24, 2.45) is 5.92 Å². The van der Waals surface area contributed by atoms with Crippen LogP contribution in [0.25, 0.3) is 0 Å². The Bertz CT molecular complexity index is 1080. The normalized spacial score (nSPS) is 12.3. The smallest absolute Gasteiger partial charge is 0.244 e. The summed E-state index contributed by atoms with van der Waals surface area (Å²) in [6.07, 6.45) is 1.03. The molecule has 1 unspecified atom stereocenters. The fourth-order valence-electron chi connectivity index (χ4n) is 3.09. The molecular weight excluding hydrogens is 530 g/mol. The second kappa shape index (κ2) is 11.9. The maximum atomic E-state index is 13.4. The van der Waals surface area contributed by atoms with E-state index in [9.17, 15) is 18.0 Å². The maximum absolute atomic E-state index is 13.4. The molecule has 1 N–H and O–H groups in total. The van der Waals surface area contributed by atoms with Crippen molar-refractivity contribution in [1.29, 1.82) is 0 Å². The standard InChI is InChI=1S/C23H29BrClN3O4S/c1-16(2)13-26-23(30)17(3)27(14-18-6-5-7-19(24)12-18)22(29)15-28(33(4,31)32)21-10-8-20(25)9-11-21/h5-12,16-17H,13-15H2,1-4H3,(H,26,30). The molecule has 0 saturated heterocycles. The minimum atomic E-state index is -3.77. The number of nitrogens with zero attached hydrogens (tertiary/aromatic N) is 2. The highest BCUT2D eigenvalue weighted by Crippen LogP contribution is 2.22. The maximum Gasteiger partial charge on any atom is 0.244 e. The molecule has 0 aromatic heterocycles. The number of sulfonamides is 1. The Kier molecular flexibility index (Phi) is 9.75. The average Bonchev–Trinajstić information content (AvgIpc) is 2.73. The van der Waals surface area contributed by atoms with Crippen LogP contribution in [0.3, 0.4) is 0 Å². The predicted octanol–water partition coefficient (Wildman–Crippen LogP) is 4.06. The zero-order chi connectivity index (χ0) is 24.8. The highest BCUT2D eigenvalue weighted by atomic mass is 79.9. The first kappa shape index (κ1) is 27.1. The zero-order valence-corrected chi connectivity index (χ0v) is 22.2. The van der Waals surface area contributed by atoms with E-state index in [2.05, 4.69) is 21.2 Å². The van der Waals surface area contributed by atoms with Crippen molar-refractivity contribution < 1.29 is 18.0 Å². The molecule has 0 heterocycles. The minimum Gasteiger partial charge on any atom is -0.354 e. The summed E-state index contributed by atoms with van der Waals surface area (Å²) < 4.78 is 26.8. The summed E-state index contributed by atoms with van der Waals surface area (Å²) in [5.74, 6) is -0.548. The summed E-state index contributed by atoms with van der Waals surface area (Å²) in [6.45, 7) is 5.76. The summed E-state index contributed by atoms with van der Waals surface area (Å²) >= 11 is 9.34. The summed E-state index contributed by atoms with van der Waals surface area (Å²) in [4.78, 5) is 27.6. The Morgan fingerprint density at radius 2 is 1.73 bits per heavy atom. The van der Waals surface area contributed by atoms with E-state index < -0.39 is 28.5 Å². The van der Waals surface area contributed by atoms with Crippen LogP contribution in [0.2, 0.25) is 5.02 Å². The third kappa shape index (κ3) is 8.32. The first-order chi connectivity index (χ1) is 15.4. The molecule has 0 radical (unpaired) electrons. The molecule has 1 atom stereocenters. The Morgan fingerprint density at radius 1 is 1.09 bits per heavy atom. The number of carbonyl (C=O) groups excluding carboxylic acids is 2. The lowest BCUT2D eigenvalue weighted by Crippen LogP contribution is -2.51. The largest absolute Gasteiger partial charge is 0.354 e. The van der Waals surface area contributed by atoms with Gasteiger partial charge in [0, 0.05) is 22.6 Å². The van der Waals surface area contributed by atoms with Gasteiger partial charge in [0.15, 0.2) is 0 Å². The fraction of sp³-hybridized carbons (Fsp3) is 0.391. The van der Waals surface area contributed by atoms with Crippen molar-refractivity contribution in [3.8, 4) is 0 Å². The van der Waals surface area contributed by atoms with E-state index in [1.165, 1.54) is 17.0 Å². The number of carbonyl (C=O) groups is 2. The van der Waals surface area contributed by atoms with Gasteiger partial charge in [0.25, 0.3) is 0 Å². The summed E-state index contributed by atoms with van der Waals surface area (Å²) in [5.41, 5.74) is 1.12. The van der Waals surface area contributed by atoms with Gasteiger partial charge in [-0.05, 0) is 54.8 Å². The van der Waals surface area contributed by atoms with Gasteiger partial charge in [-0.3, -0.25) is 13.9 Å². The van der Waals surface area contributed by atoms with Gasteiger partial charge in [0.2, 0.25) is 21.8 Å². The molecule has 10 heteroatoms. The number of hydrogen-bond acceptors (Lipinski definition) is 4. The second-order valence-corrected chi connectivity index (χ2v) is 11.5. The minimum absolute atomic E-state index is 0.146. The van der Waals surface area contributed by atoms with E-state index in [4.69, 9.17) is 11.6 Å². The van der Waals surface area contributed by atoms with Crippen LogP contribution in [0.4, 0.5) is 5.69 Å². The molecule has 7 nitrogen and oxygen atoms in total. The highest BCUT2D eigenvalue weighted by molar-refractivity contribution is 9.10. The van der Waals surface area contributed by atoms with Gasteiger partial charge in [-0.15, -0.1) is 0 Å². The molecular formula is C23H29BrClN3O4S. The molecule has 0 saturated carbocycles. The predicted molar refractivity (Wildman–Crippen MR) is 136 cm³/mol. The van der Waals surface area contributed by atoms with E-state index >= 15 is 0 Å². The quantitative estimate of drug-likeness (QED) is 0.477. The van der Waals surface area contributed by atoms with Crippen molar-refractivity contribution in [3.63, 3.8) is 0 Å². The van der Waals surface area contributed by atoms with E-state index in [0.29, 0.717) is 17.3 Å². The molecule has 2 aromatic carbocycles. The van der Waals surface area contributed by atoms with Crippen LogP contribution in [0, 0.1) is 5.92 Å². The molecule has 0 fully saturated rings. The number of halogens is 2. The van der Waals surface area contributed by atoms with Crippen LogP contribution in [-0.4, -0.2) is 50.5 Å². The lowest BCUT2D eigenvalue weighted by Gasteiger charge is -2.31. The molecule has 2 amide bonds. The molecule has 0 aliphatic heterocycles. The molecule has 0 bridgehead atoms. The molecule has 0 aliphatic carbocycles. The number of amides is 2. The summed E-state index contributed by atoms with van der Waals surface area (Å²) in [5, 5.41) is 3.30. The lowest BCUT2D eigenvalue weighted by atomic mass is 10.1. The van der Waals surface area contributed by atoms with Crippen LogP contribution in [0.1, 0.15) is 26.3 Å². The third-order valence-electron chi connectivity index (χ3n) is 4.89. The molecule has 180 valence electrons. The van der Waals surface area contributed by atoms with Crippen LogP contribution in [-0.2, 0) is 26.2 Å². The Morgan fingerprint density at radius 3 is 2.27 bits per heavy atom. The van der Waals surface area contributed by atoms with Gasteiger partial charge >= 0.3 is 0 Å². The Hall–Kier alpha value is -2.10. The van der Waals surface area contributed by atoms with Gasteiger partial charge < -0.3 is 10.2 Å². The van der Waals surface area contributed by atoms with Crippen LogP contribution >= 0.6 is 27.5 Å².